The summed E-state index contributed by atoms with van der Waals surface area (Å²) in [6, 6.07) is 0. The second-order valence-corrected chi connectivity index (χ2v) is 4.92. The lowest BCUT2D eigenvalue weighted by Gasteiger charge is -2.26. The number of hydrogen-bond acceptors (Lipinski definition) is 3. The lowest BCUT2D eigenvalue weighted by Crippen LogP contribution is -2.53. The SMILES string of the molecule is CCCCCOC1CCC(NCC)(C(N)=O)C1. The van der Waals surface area contributed by atoms with Crippen LogP contribution in [0.25, 0.3) is 0 Å². The lowest BCUT2D eigenvalue weighted by molar-refractivity contribution is -0.124. The number of nitrogens with one attached hydrogen (secondary N) is 1. The van der Waals surface area contributed by atoms with Gasteiger partial charge in [-0.15, -0.1) is 0 Å². The van der Waals surface area contributed by atoms with Crippen molar-refractivity contribution in [2.75, 3.05) is 13.2 Å². The third-order valence-electron chi connectivity index (χ3n) is 3.56. The highest BCUT2D eigenvalue weighted by Crippen LogP contribution is 2.31. The van der Waals surface area contributed by atoms with Crippen LogP contribution >= 0.6 is 0 Å². The first-order valence-electron chi connectivity index (χ1n) is 6.81. The van der Waals surface area contributed by atoms with Crippen LogP contribution in [0.3, 0.4) is 0 Å². The van der Waals surface area contributed by atoms with Crippen molar-refractivity contribution in [2.24, 2.45) is 5.73 Å². The molecular weight excluding hydrogens is 216 g/mol. The van der Waals surface area contributed by atoms with Crippen LogP contribution in [0.5, 0.6) is 0 Å². The third kappa shape index (κ3) is 3.96. The molecule has 100 valence electrons. The molecule has 0 heterocycles. The minimum absolute atomic E-state index is 0.193. The first-order chi connectivity index (χ1) is 8.14. The van der Waals surface area contributed by atoms with Crippen molar-refractivity contribution in [2.45, 2.75) is 64.0 Å². The molecule has 0 bridgehead atoms. The van der Waals surface area contributed by atoms with Gasteiger partial charge in [-0.1, -0.05) is 26.7 Å². The highest BCUT2D eigenvalue weighted by Gasteiger charge is 2.43. The topological polar surface area (TPSA) is 64.3 Å². The predicted molar refractivity (Wildman–Crippen MR) is 68.7 cm³/mol. The molecule has 2 atom stereocenters. The standard InChI is InChI=1S/C13H26N2O2/c1-3-5-6-9-17-11-7-8-13(10-11,12(14)16)15-4-2/h11,15H,3-10H2,1-2H3,(H2,14,16). The van der Waals surface area contributed by atoms with Crippen LogP contribution in [0, 0.1) is 0 Å². The van der Waals surface area contributed by atoms with Gasteiger partial charge in [0.2, 0.25) is 5.91 Å². The fraction of sp³-hybridized carbons (Fsp3) is 0.923. The van der Waals surface area contributed by atoms with E-state index in [2.05, 4.69) is 12.2 Å². The summed E-state index contributed by atoms with van der Waals surface area (Å²) >= 11 is 0. The van der Waals surface area contributed by atoms with Crippen LogP contribution in [0.15, 0.2) is 0 Å². The van der Waals surface area contributed by atoms with Crippen molar-refractivity contribution < 1.29 is 9.53 Å². The van der Waals surface area contributed by atoms with Crippen molar-refractivity contribution in [3.63, 3.8) is 0 Å². The van der Waals surface area contributed by atoms with Crippen molar-refractivity contribution >= 4 is 5.91 Å². The zero-order chi connectivity index (χ0) is 12.7. The molecule has 3 N–H and O–H groups in total. The van der Waals surface area contributed by atoms with Gasteiger partial charge in [0.05, 0.1) is 6.10 Å². The fourth-order valence-electron chi connectivity index (χ4n) is 2.55. The van der Waals surface area contributed by atoms with E-state index in [0.29, 0.717) is 0 Å². The second-order valence-electron chi connectivity index (χ2n) is 4.92. The number of hydrogen-bond donors (Lipinski definition) is 2. The van der Waals surface area contributed by atoms with Crippen LogP contribution in [0.4, 0.5) is 0 Å². The summed E-state index contributed by atoms with van der Waals surface area (Å²) in [7, 11) is 0. The Balaban J connectivity index is 2.35. The summed E-state index contributed by atoms with van der Waals surface area (Å²) in [5.74, 6) is -0.237. The molecule has 1 fully saturated rings. The van der Waals surface area contributed by atoms with E-state index in [1.165, 1.54) is 12.8 Å². The maximum absolute atomic E-state index is 11.5. The minimum atomic E-state index is -0.524. The van der Waals surface area contributed by atoms with Crippen molar-refractivity contribution in [3.05, 3.63) is 0 Å². The Bertz CT molecular complexity index is 246. The van der Waals surface area contributed by atoms with Gasteiger partial charge in [-0.3, -0.25) is 4.79 Å². The molecule has 17 heavy (non-hydrogen) atoms. The molecule has 1 aliphatic carbocycles. The largest absolute Gasteiger partial charge is 0.378 e. The molecule has 1 saturated carbocycles. The van der Waals surface area contributed by atoms with Crippen molar-refractivity contribution in [1.29, 1.82) is 0 Å². The molecule has 0 saturated heterocycles. The molecule has 1 aliphatic rings. The number of ether oxygens (including phenoxy) is 1. The number of amides is 1. The summed E-state index contributed by atoms with van der Waals surface area (Å²) in [5.41, 5.74) is 4.98. The molecule has 0 aliphatic heterocycles. The third-order valence-corrected chi connectivity index (χ3v) is 3.56. The van der Waals surface area contributed by atoms with E-state index >= 15 is 0 Å². The Morgan fingerprint density at radius 3 is 2.82 bits per heavy atom. The van der Waals surface area contributed by atoms with Crippen LogP contribution in [-0.2, 0) is 9.53 Å². The quantitative estimate of drug-likeness (QED) is 0.635. The number of primary amides is 1. The number of carbonyl (C=O) groups excluding carboxylic acids is 1. The van der Waals surface area contributed by atoms with Gasteiger partial charge in [0, 0.05) is 13.0 Å². The van der Waals surface area contributed by atoms with E-state index in [-0.39, 0.29) is 12.0 Å². The maximum Gasteiger partial charge on any atom is 0.237 e. The molecule has 0 aromatic heterocycles. The molecule has 0 aromatic rings. The van der Waals surface area contributed by atoms with E-state index in [9.17, 15) is 4.79 Å². The number of rotatable bonds is 8. The zero-order valence-corrected chi connectivity index (χ0v) is 11.1. The number of likely N-dealkylation sites (N-methyl/N-ethyl adjacent to an activating group) is 1. The minimum Gasteiger partial charge on any atom is -0.378 e. The van der Waals surface area contributed by atoms with E-state index in [4.69, 9.17) is 10.5 Å². The molecule has 2 unspecified atom stereocenters. The molecular formula is C13H26N2O2. The molecule has 1 rings (SSSR count). The molecule has 0 aromatic carbocycles. The fourth-order valence-corrected chi connectivity index (χ4v) is 2.55. The lowest BCUT2D eigenvalue weighted by atomic mass is 9.96. The van der Waals surface area contributed by atoms with Crippen LogP contribution in [-0.4, -0.2) is 30.7 Å². The summed E-state index contributed by atoms with van der Waals surface area (Å²) in [5, 5.41) is 3.23. The summed E-state index contributed by atoms with van der Waals surface area (Å²) < 4.78 is 5.81. The van der Waals surface area contributed by atoms with Gasteiger partial charge in [0.1, 0.15) is 5.54 Å². The van der Waals surface area contributed by atoms with Gasteiger partial charge in [0.15, 0.2) is 0 Å². The Labute approximate surface area is 104 Å². The van der Waals surface area contributed by atoms with Crippen molar-refractivity contribution in [3.8, 4) is 0 Å². The zero-order valence-electron chi connectivity index (χ0n) is 11.1. The molecule has 0 spiro atoms. The molecule has 4 nitrogen and oxygen atoms in total. The van der Waals surface area contributed by atoms with Crippen LogP contribution in [0.1, 0.15) is 52.4 Å². The van der Waals surface area contributed by atoms with E-state index in [1.807, 2.05) is 6.92 Å². The maximum atomic E-state index is 11.5. The average Bonchev–Trinajstić information content (AvgIpc) is 2.70. The summed E-state index contributed by atoms with van der Waals surface area (Å²) in [6.45, 7) is 5.75. The van der Waals surface area contributed by atoms with Gasteiger partial charge in [-0.25, -0.2) is 0 Å². The van der Waals surface area contributed by atoms with Gasteiger partial charge < -0.3 is 15.8 Å². The van der Waals surface area contributed by atoms with Gasteiger partial charge >= 0.3 is 0 Å². The van der Waals surface area contributed by atoms with Gasteiger partial charge in [0.25, 0.3) is 0 Å². The highest BCUT2D eigenvalue weighted by atomic mass is 16.5. The van der Waals surface area contributed by atoms with Crippen molar-refractivity contribution in [1.82, 2.24) is 5.32 Å². The second kappa shape index (κ2) is 6.97. The Morgan fingerprint density at radius 2 is 2.24 bits per heavy atom. The number of unbranched alkanes of at least 4 members (excludes halogenated alkanes) is 2. The summed E-state index contributed by atoms with van der Waals surface area (Å²) in [4.78, 5) is 11.5. The number of carbonyl (C=O) groups is 1. The van der Waals surface area contributed by atoms with Gasteiger partial charge in [-0.2, -0.15) is 0 Å². The van der Waals surface area contributed by atoms with E-state index in [1.54, 1.807) is 0 Å². The van der Waals surface area contributed by atoms with E-state index in [0.717, 1.165) is 38.8 Å². The summed E-state index contributed by atoms with van der Waals surface area (Å²) in [6.07, 6.45) is 6.17. The van der Waals surface area contributed by atoms with Crippen LogP contribution < -0.4 is 11.1 Å². The molecule has 0 radical (unpaired) electrons. The Morgan fingerprint density at radius 1 is 1.47 bits per heavy atom. The predicted octanol–water partition coefficient (Wildman–Crippen LogP) is 1.58. The first-order valence-corrected chi connectivity index (χ1v) is 6.81. The Hall–Kier alpha value is -0.610. The van der Waals surface area contributed by atoms with E-state index < -0.39 is 5.54 Å². The normalized spacial score (nSPS) is 28.5. The smallest absolute Gasteiger partial charge is 0.237 e. The Kier molecular flexibility index (Phi) is 5.92. The average molecular weight is 242 g/mol. The monoisotopic (exact) mass is 242 g/mol. The first kappa shape index (κ1) is 14.5. The molecule has 4 heteroatoms. The molecule has 1 amide bonds. The highest BCUT2D eigenvalue weighted by molar-refractivity contribution is 5.85. The van der Waals surface area contributed by atoms with Crippen LogP contribution in [0.2, 0.25) is 0 Å². The van der Waals surface area contributed by atoms with Gasteiger partial charge in [-0.05, 0) is 25.8 Å². The number of nitrogens with two attached hydrogens (primary N) is 1.